The molecule has 2 aromatic carbocycles. The van der Waals surface area contributed by atoms with Gasteiger partial charge in [0.2, 0.25) is 15.9 Å². The molecule has 0 aliphatic carbocycles. The minimum Gasteiger partial charge on any atom is -0.348 e. The first-order chi connectivity index (χ1) is 11.8. The average molecular weight is 361 g/mol. The molecule has 130 valence electrons. The first kappa shape index (κ1) is 18.3. The van der Waals surface area contributed by atoms with E-state index >= 15 is 0 Å². The van der Waals surface area contributed by atoms with Gasteiger partial charge in [-0.1, -0.05) is 24.3 Å². The van der Waals surface area contributed by atoms with Gasteiger partial charge in [-0.15, -0.1) is 0 Å². The zero-order chi connectivity index (χ0) is 18.4. The van der Waals surface area contributed by atoms with Crippen LogP contribution >= 0.6 is 0 Å². The number of hydrogen-bond acceptors (Lipinski definition) is 5. The summed E-state index contributed by atoms with van der Waals surface area (Å²) in [5.41, 5.74) is 1.17. The summed E-state index contributed by atoms with van der Waals surface area (Å²) in [7, 11) is -3.75. The summed E-state index contributed by atoms with van der Waals surface area (Å²) in [4.78, 5) is 22.0. The fourth-order valence-corrected chi connectivity index (χ4v) is 2.47. The molecule has 0 saturated carbocycles. The van der Waals surface area contributed by atoms with Crippen LogP contribution in [0.3, 0.4) is 0 Å². The van der Waals surface area contributed by atoms with Gasteiger partial charge in [-0.25, -0.2) is 13.6 Å². The maximum absolute atomic E-state index is 11.8. The Morgan fingerprint density at radius 3 is 2.48 bits per heavy atom. The van der Waals surface area contributed by atoms with Crippen LogP contribution in [0.4, 0.5) is 5.69 Å². The van der Waals surface area contributed by atoms with Crippen LogP contribution in [0.25, 0.3) is 6.08 Å². The van der Waals surface area contributed by atoms with Gasteiger partial charge in [-0.2, -0.15) is 0 Å². The summed E-state index contributed by atoms with van der Waals surface area (Å²) in [6, 6.07) is 11.7. The zero-order valence-corrected chi connectivity index (χ0v) is 13.8. The van der Waals surface area contributed by atoms with E-state index in [0.29, 0.717) is 11.1 Å². The Morgan fingerprint density at radius 2 is 1.88 bits per heavy atom. The van der Waals surface area contributed by atoms with E-state index < -0.39 is 14.9 Å². The Kier molecular flexibility index (Phi) is 5.63. The molecule has 1 amide bonds. The van der Waals surface area contributed by atoms with Crippen molar-refractivity contribution in [1.29, 1.82) is 0 Å². The molecule has 9 heteroatoms. The van der Waals surface area contributed by atoms with Crippen molar-refractivity contribution >= 4 is 27.7 Å². The lowest BCUT2D eigenvalue weighted by molar-refractivity contribution is -0.384. The maximum Gasteiger partial charge on any atom is 0.270 e. The zero-order valence-electron chi connectivity index (χ0n) is 13.0. The minimum atomic E-state index is -3.75. The van der Waals surface area contributed by atoms with E-state index in [4.69, 9.17) is 5.14 Å². The van der Waals surface area contributed by atoms with Gasteiger partial charge in [0.25, 0.3) is 5.69 Å². The Morgan fingerprint density at radius 1 is 1.20 bits per heavy atom. The third kappa shape index (κ3) is 5.52. The molecule has 0 bridgehead atoms. The second-order valence-electron chi connectivity index (χ2n) is 5.09. The van der Waals surface area contributed by atoms with Crippen molar-refractivity contribution in [1.82, 2.24) is 5.32 Å². The smallest absolute Gasteiger partial charge is 0.270 e. The SMILES string of the molecule is NS(=O)(=O)c1ccc(CNC(=O)C=Cc2cccc([N+](=O)[O-])c2)cc1. The Balaban J connectivity index is 1.94. The van der Waals surface area contributed by atoms with Gasteiger partial charge in [0.05, 0.1) is 9.82 Å². The van der Waals surface area contributed by atoms with Crippen LogP contribution in [0.15, 0.2) is 59.5 Å². The number of nitro groups is 1. The average Bonchev–Trinajstić information content (AvgIpc) is 2.58. The molecule has 0 unspecified atom stereocenters. The molecular weight excluding hydrogens is 346 g/mol. The number of non-ortho nitro benzene ring substituents is 1. The van der Waals surface area contributed by atoms with Crippen LogP contribution in [0.2, 0.25) is 0 Å². The molecule has 25 heavy (non-hydrogen) atoms. The van der Waals surface area contributed by atoms with E-state index in [9.17, 15) is 23.3 Å². The topological polar surface area (TPSA) is 132 Å². The second kappa shape index (κ2) is 7.69. The van der Waals surface area contributed by atoms with E-state index in [1.807, 2.05) is 0 Å². The molecule has 0 fully saturated rings. The van der Waals surface area contributed by atoms with Crippen LogP contribution in [0.1, 0.15) is 11.1 Å². The quantitative estimate of drug-likeness (QED) is 0.458. The van der Waals surface area contributed by atoms with Crippen molar-refractivity contribution in [3.63, 3.8) is 0 Å². The maximum atomic E-state index is 11.8. The number of nitrogens with zero attached hydrogens (tertiary/aromatic N) is 1. The van der Waals surface area contributed by atoms with Crippen LogP contribution in [-0.4, -0.2) is 19.2 Å². The van der Waals surface area contributed by atoms with Crippen molar-refractivity contribution in [2.75, 3.05) is 0 Å². The van der Waals surface area contributed by atoms with Crippen LogP contribution < -0.4 is 10.5 Å². The summed E-state index contributed by atoms with van der Waals surface area (Å²) < 4.78 is 22.3. The number of benzene rings is 2. The van der Waals surface area contributed by atoms with E-state index in [1.54, 1.807) is 18.2 Å². The molecule has 0 aliphatic rings. The number of primary sulfonamides is 1. The molecule has 8 nitrogen and oxygen atoms in total. The Labute approximate surface area is 144 Å². The fourth-order valence-electron chi connectivity index (χ4n) is 1.96. The van der Waals surface area contributed by atoms with Crippen molar-refractivity contribution in [3.8, 4) is 0 Å². The number of nitrogens with one attached hydrogen (secondary N) is 1. The van der Waals surface area contributed by atoms with Crippen molar-refractivity contribution < 1.29 is 18.1 Å². The molecule has 2 aromatic rings. The predicted octanol–water partition coefficient (Wildman–Crippen LogP) is 1.57. The third-order valence-corrected chi connectivity index (χ3v) is 4.16. The normalized spacial score (nSPS) is 11.4. The number of carbonyl (C=O) groups is 1. The Hall–Kier alpha value is -3.04. The lowest BCUT2D eigenvalue weighted by atomic mass is 10.2. The molecule has 0 saturated heterocycles. The van der Waals surface area contributed by atoms with Gasteiger partial charge in [0.15, 0.2) is 0 Å². The van der Waals surface area contributed by atoms with Gasteiger partial charge >= 0.3 is 0 Å². The molecule has 0 aliphatic heterocycles. The number of carbonyl (C=O) groups excluding carboxylic acids is 1. The highest BCUT2D eigenvalue weighted by molar-refractivity contribution is 7.89. The second-order valence-corrected chi connectivity index (χ2v) is 6.65. The van der Waals surface area contributed by atoms with Crippen LogP contribution in [0.5, 0.6) is 0 Å². The third-order valence-electron chi connectivity index (χ3n) is 3.23. The number of nitro benzene ring substituents is 1. The number of hydrogen-bond donors (Lipinski definition) is 2. The first-order valence-electron chi connectivity index (χ1n) is 7.08. The summed E-state index contributed by atoms with van der Waals surface area (Å²) in [5.74, 6) is -0.387. The van der Waals surface area contributed by atoms with Crippen molar-refractivity contribution in [2.24, 2.45) is 5.14 Å². The van der Waals surface area contributed by atoms with Gasteiger partial charge < -0.3 is 5.32 Å². The van der Waals surface area contributed by atoms with Gasteiger partial charge in [-0.05, 0) is 29.3 Å². The van der Waals surface area contributed by atoms with E-state index in [2.05, 4.69) is 5.32 Å². The summed E-state index contributed by atoms with van der Waals surface area (Å²) in [6.07, 6.45) is 2.73. The number of rotatable bonds is 6. The van der Waals surface area contributed by atoms with Crippen LogP contribution in [0, 0.1) is 10.1 Å². The molecule has 2 rings (SSSR count). The van der Waals surface area contributed by atoms with Crippen LogP contribution in [-0.2, 0) is 21.4 Å². The van der Waals surface area contributed by atoms with Gasteiger partial charge in [0, 0.05) is 24.8 Å². The monoisotopic (exact) mass is 361 g/mol. The van der Waals surface area contributed by atoms with E-state index in [-0.39, 0.29) is 23.0 Å². The van der Waals surface area contributed by atoms with Gasteiger partial charge in [-0.3, -0.25) is 14.9 Å². The molecule has 3 N–H and O–H groups in total. The predicted molar refractivity (Wildman–Crippen MR) is 91.8 cm³/mol. The molecule has 0 aromatic heterocycles. The number of amides is 1. The lowest BCUT2D eigenvalue weighted by Crippen LogP contribution is -2.20. The van der Waals surface area contributed by atoms with Crippen molar-refractivity contribution in [3.05, 3.63) is 75.8 Å². The molecule has 0 heterocycles. The fraction of sp³-hybridized carbons (Fsp3) is 0.0625. The highest BCUT2D eigenvalue weighted by Crippen LogP contribution is 2.14. The van der Waals surface area contributed by atoms with E-state index in [1.165, 1.54) is 42.5 Å². The first-order valence-corrected chi connectivity index (χ1v) is 8.62. The highest BCUT2D eigenvalue weighted by Gasteiger charge is 2.07. The molecule has 0 atom stereocenters. The minimum absolute atomic E-state index is 0.00635. The highest BCUT2D eigenvalue weighted by atomic mass is 32.2. The summed E-state index contributed by atoms with van der Waals surface area (Å²) in [5, 5.41) is 18.3. The van der Waals surface area contributed by atoms with E-state index in [0.717, 1.165) is 0 Å². The van der Waals surface area contributed by atoms with Gasteiger partial charge in [0.1, 0.15) is 0 Å². The number of sulfonamides is 1. The van der Waals surface area contributed by atoms with Crippen molar-refractivity contribution in [2.45, 2.75) is 11.4 Å². The summed E-state index contributed by atoms with van der Waals surface area (Å²) >= 11 is 0. The molecule has 0 radical (unpaired) electrons. The molecular formula is C16H15N3O5S. The molecule has 0 spiro atoms. The Bertz CT molecular complexity index is 921. The largest absolute Gasteiger partial charge is 0.348 e. The standard InChI is InChI=1S/C16H15N3O5S/c17-25(23,24)15-7-4-13(5-8-15)11-18-16(20)9-6-12-2-1-3-14(10-12)19(21)22/h1-10H,11H2,(H,18,20)(H2,17,23,24). The lowest BCUT2D eigenvalue weighted by Gasteiger charge is -2.04. The number of nitrogens with two attached hydrogens (primary N) is 1. The summed E-state index contributed by atoms with van der Waals surface area (Å²) in [6.45, 7) is 0.197.